The molecular formula is C17H15F2NO5S. The fourth-order valence-corrected chi connectivity index (χ4v) is 2.82. The number of amides is 1. The van der Waals surface area contributed by atoms with Crippen molar-refractivity contribution in [1.29, 1.82) is 0 Å². The number of anilines is 1. The molecule has 2 aromatic rings. The zero-order valence-corrected chi connectivity index (χ0v) is 14.6. The van der Waals surface area contributed by atoms with Crippen molar-refractivity contribution in [3.63, 3.8) is 0 Å². The highest BCUT2D eigenvalue weighted by Gasteiger charge is 2.26. The van der Waals surface area contributed by atoms with E-state index in [-0.39, 0.29) is 11.1 Å². The standard InChI is InChI=1S/C17H15F2NO5S/c1-10-3-4-12(16(22)25-2)9-14(10)20-15(21)11-5-7-13(8-6-11)26(23,24)17(18)19/h3-9,17H,1-2H3,(H,20,21). The molecule has 0 bridgehead atoms. The molecule has 0 aromatic heterocycles. The molecule has 0 atom stereocenters. The summed E-state index contributed by atoms with van der Waals surface area (Å²) in [7, 11) is -3.49. The molecule has 0 saturated heterocycles. The number of sulfone groups is 1. The molecule has 0 radical (unpaired) electrons. The minimum Gasteiger partial charge on any atom is -0.465 e. The normalized spacial score (nSPS) is 11.3. The summed E-state index contributed by atoms with van der Waals surface area (Å²) in [5.74, 6) is -4.69. The molecule has 0 fully saturated rings. The van der Waals surface area contributed by atoms with Crippen LogP contribution in [0.1, 0.15) is 26.3 Å². The first-order chi connectivity index (χ1) is 12.2. The predicted molar refractivity (Wildman–Crippen MR) is 90.1 cm³/mol. The molecule has 2 rings (SSSR count). The number of hydrogen-bond donors (Lipinski definition) is 1. The number of methoxy groups -OCH3 is 1. The van der Waals surface area contributed by atoms with Gasteiger partial charge in [0.25, 0.3) is 5.91 Å². The molecule has 2 aromatic carbocycles. The average molecular weight is 383 g/mol. The number of rotatable bonds is 5. The van der Waals surface area contributed by atoms with Crippen molar-refractivity contribution in [3.8, 4) is 0 Å². The molecule has 6 nitrogen and oxygen atoms in total. The van der Waals surface area contributed by atoms with Crippen LogP contribution in [0.25, 0.3) is 0 Å². The van der Waals surface area contributed by atoms with E-state index in [0.717, 1.165) is 24.3 Å². The summed E-state index contributed by atoms with van der Waals surface area (Å²) >= 11 is 0. The topological polar surface area (TPSA) is 89.5 Å². The number of halogens is 2. The van der Waals surface area contributed by atoms with Gasteiger partial charge in [-0.3, -0.25) is 4.79 Å². The highest BCUT2D eigenvalue weighted by atomic mass is 32.2. The molecule has 0 aliphatic carbocycles. The molecule has 1 N–H and O–H groups in total. The van der Waals surface area contributed by atoms with Crippen LogP contribution in [0.3, 0.4) is 0 Å². The highest BCUT2D eigenvalue weighted by molar-refractivity contribution is 7.91. The number of hydrogen-bond acceptors (Lipinski definition) is 5. The number of nitrogens with one attached hydrogen (secondary N) is 1. The highest BCUT2D eigenvalue weighted by Crippen LogP contribution is 2.21. The number of aryl methyl sites for hydroxylation is 1. The maximum absolute atomic E-state index is 12.5. The van der Waals surface area contributed by atoms with E-state index in [1.807, 2.05) is 0 Å². The Labute approximate surface area is 148 Å². The van der Waals surface area contributed by atoms with Crippen molar-refractivity contribution >= 4 is 27.4 Å². The van der Waals surface area contributed by atoms with Gasteiger partial charge in [-0.05, 0) is 48.9 Å². The lowest BCUT2D eigenvalue weighted by atomic mass is 10.1. The van der Waals surface area contributed by atoms with Gasteiger partial charge < -0.3 is 10.1 Å². The number of ether oxygens (including phenoxy) is 1. The van der Waals surface area contributed by atoms with Crippen LogP contribution >= 0.6 is 0 Å². The van der Waals surface area contributed by atoms with Crippen LogP contribution < -0.4 is 5.32 Å². The summed E-state index contributed by atoms with van der Waals surface area (Å²) in [4.78, 5) is 23.3. The minimum absolute atomic E-state index is 0.0705. The first kappa shape index (κ1) is 19.5. The monoisotopic (exact) mass is 383 g/mol. The van der Waals surface area contributed by atoms with Crippen molar-refractivity contribution in [3.05, 3.63) is 59.2 Å². The summed E-state index contributed by atoms with van der Waals surface area (Å²) in [6.07, 6.45) is 0. The SMILES string of the molecule is COC(=O)c1ccc(C)c(NC(=O)c2ccc(S(=O)(=O)C(F)F)cc2)c1. The molecule has 0 unspecified atom stereocenters. The molecule has 138 valence electrons. The Morgan fingerprint density at radius 3 is 2.15 bits per heavy atom. The number of alkyl halides is 2. The summed E-state index contributed by atoms with van der Waals surface area (Å²) in [6, 6.07) is 8.74. The average Bonchev–Trinajstić information content (AvgIpc) is 2.62. The molecule has 0 heterocycles. The number of carbonyl (C=O) groups excluding carboxylic acids is 2. The zero-order valence-electron chi connectivity index (χ0n) is 13.8. The van der Waals surface area contributed by atoms with Gasteiger partial charge in [0.15, 0.2) is 0 Å². The van der Waals surface area contributed by atoms with Crippen molar-refractivity contribution in [2.75, 3.05) is 12.4 Å². The Morgan fingerprint density at radius 1 is 1.04 bits per heavy atom. The van der Waals surface area contributed by atoms with E-state index in [0.29, 0.717) is 11.3 Å². The summed E-state index contributed by atoms with van der Waals surface area (Å²) in [5, 5.41) is 2.58. The lowest BCUT2D eigenvalue weighted by Crippen LogP contribution is -2.15. The van der Waals surface area contributed by atoms with Gasteiger partial charge in [0.2, 0.25) is 9.84 Å². The first-order valence-electron chi connectivity index (χ1n) is 7.29. The van der Waals surface area contributed by atoms with Gasteiger partial charge in [-0.25, -0.2) is 13.2 Å². The van der Waals surface area contributed by atoms with Crippen molar-refractivity contribution in [1.82, 2.24) is 0 Å². The first-order valence-corrected chi connectivity index (χ1v) is 8.84. The summed E-state index contributed by atoms with van der Waals surface area (Å²) < 4.78 is 52.4. The Bertz CT molecular complexity index is 940. The quantitative estimate of drug-likeness (QED) is 0.802. The third-order valence-electron chi connectivity index (χ3n) is 3.59. The van der Waals surface area contributed by atoms with Gasteiger partial charge in [-0.2, -0.15) is 8.78 Å². The largest absolute Gasteiger partial charge is 0.465 e. The van der Waals surface area contributed by atoms with Crippen molar-refractivity contribution in [2.24, 2.45) is 0 Å². The van der Waals surface area contributed by atoms with Crippen LogP contribution in [0, 0.1) is 6.92 Å². The van der Waals surface area contributed by atoms with Crippen LogP contribution in [-0.4, -0.2) is 33.2 Å². The molecule has 26 heavy (non-hydrogen) atoms. The molecular weight excluding hydrogens is 368 g/mol. The predicted octanol–water partition coefficient (Wildman–Crippen LogP) is 3.03. The van der Waals surface area contributed by atoms with Crippen LogP contribution in [0.2, 0.25) is 0 Å². The van der Waals surface area contributed by atoms with E-state index in [1.54, 1.807) is 19.1 Å². The van der Waals surface area contributed by atoms with E-state index in [9.17, 15) is 26.8 Å². The fraction of sp³-hybridized carbons (Fsp3) is 0.176. The summed E-state index contributed by atoms with van der Waals surface area (Å²) in [5.41, 5.74) is 1.36. The third kappa shape index (κ3) is 4.05. The fourth-order valence-electron chi connectivity index (χ4n) is 2.09. The van der Waals surface area contributed by atoms with E-state index >= 15 is 0 Å². The second kappa shape index (κ2) is 7.61. The molecule has 0 spiro atoms. The molecule has 1 amide bonds. The Kier molecular flexibility index (Phi) is 5.71. The van der Waals surface area contributed by atoms with E-state index < -0.39 is 32.4 Å². The maximum atomic E-state index is 12.5. The minimum atomic E-state index is -4.72. The van der Waals surface area contributed by atoms with Gasteiger partial charge in [-0.15, -0.1) is 0 Å². The van der Waals surface area contributed by atoms with Crippen molar-refractivity contribution in [2.45, 2.75) is 17.6 Å². The molecule has 0 saturated carbocycles. The van der Waals surface area contributed by atoms with Gasteiger partial charge >= 0.3 is 11.7 Å². The lowest BCUT2D eigenvalue weighted by molar-refractivity contribution is 0.0600. The summed E-state index contributed by atoms with van der Waals surface area (Å²) in [6.45, 7) is 1.72. The van der Waals surface area contributed by atoms with E-state index in [1.165, 1.54) is 13.2 Å². The van der Waals surface area contributed by atoms with Gasteiger partial charge in [0.1, 0.15) is 0 Å². The molecule has 0 aliphatic heterocycles. The van der Waals surface area contributed by atoms with Crippen LogP contribution in [0.5, 0.6) is 0 Å². The molecule has 0 aliphatic rings. The smallest absolute Gasteiger partial charge is 0.341 e. The second-order valence-electron chi connectivity index (χ2n) is 5.31. The number of esters is 1. The van der Waals surface area contributed by atoms with Crippen LogP contribution in [-0.2, 0) is 14.6 Å². The van der Waals surface area contributed by atoms with E-state index in [4.69, 9.17) is 0 Å². The number of benzene rings is 2. The van der Waals surface area contributed by atoms with Gasteiger partial charge in [0, 0.05) is 11.3 Å². The maximum Gasteiger partial charge on any atom is 0.341 e. The molecule has 9 heteroatoms. The third-order valence-corrected chi connectivity index (χ3v) is 4.98. The Balaban J connectivity index is 2.24. The van der Waals surface area contributed by atoms with Crippen molar-refractivity contribution < 1.29 is 31.5 Å². The zero-order chi connectivity index (χ0) is 19.5. The lowest BCUT2D eigenvalue weighted by Gasteiger charge is -2.10. The number of carbonyl (C=O) groups is 2. The van der Waals surface area contributed by atoms with Crippen LogP contribution in [0.15, 0.2) is 47.4 Å². The van der Waals surface area contributed by atoms with Gasteiger partial charge in [-0.1, -0.05) is 6.07 Å². The van der Waals surface area contributed by atoms with Crippen LogP contribution in [0.4, 0.5) is 14.5 Å². The Morgan fingerprint density at radius 2 is 1.62 bits per heavy atom. The van der Waals surface area contributed by atoms with Gasteiger partial charge in [0.05, 0.1) is 17.6 Å². The van der Waals surface area contributed by atoms with E-state index in [2.05, 4.69) is 10.1 Å². The Hall–Kier alpha value is -2.81. The second-order valence-corrected chi connectivity index (χ2v) is 7.22.